The lowest BCUT2D eigenvalue weighted by Gasteiger charge is -2.28. The van der Waals surface area contributed by atoms with Crippen molar-refractivity contribution in [1.82, 2.24) is 10.2 Å². The van der Waals surface area contributed by atoms with Crippen molar-refractivity contribution in [3.05, 3.63) is 37.4 Å². The van der Waals surface area contributed by atoms with Crippen molar-refractivity contribution in [3.63, 3.8) is 0 Å². The van der Waals surface area contributed by atoms with E-state index in [4.69, 9.17) is 0 Å². The average Bonchev–Trinajstić information content (AvgIpc) is 2.34. The van der Waals surface area contributed by atoms with Gasteiger partial charge in [-0.05, 0) is 48.2 Å². The third kappa shape index (κ3) is 5.58. The summed E-state index contributed by atoms with van der Waals surface area (Å²) >= 11 is 2.00. The summed E-state index contributed by atoms with van der Waals surface area (Å²) in [6, 6.07) is 4.29. The monoisotopic (exact) mass is 405 g/mol. The molecule has 0 aliphatic rings. The summed E-state index contributed by atoms with van der Waals surface area (Å²) in [4.78, 5) is 24.6. The van der Waals surface area contributed by atoms with E-state index in [1.54, 1.807) is 6.07 Å². The maximum absolute atomic E-state index is 12.2. The van der Waals surface area contributed by atoms with Crippen LogP contribution < -0.4 is 5.32 Å². The van der Waals surface area contributed by atoms with Crippen LogP contribution in [-0.4, -0.2) is 42.9 Å². The molecule has 0 atom stereocenters. The predicted octanol–water partition coefficient (Wildman–Crippen LogP) is 2.52. The second kappa shape index (κ2) is 7.17. The zero-order valence-corrected chi connectivity index (χ0v) is 14.8. The van der Waals surface area contributed by atoms with Crippen molar-refractivity contribution in [1.29, 1.82) is 0 Å². The molecule has 1 rings (SSSR count). The van der Waals surface area contributed by atoms with Crippen LogP contribution >= 0.6 is 22.6 Å². The van der Waals surface area contributed by atoms with Crippen molar-refractivity contribution in [2.75, 3.05) is 27.2 Å². The summed E-state index contributed by atoms with van der Waals surface area (Å²) in [6.45, 7) is 5.46. The third-order valence-corrected chi connectivity index (χ3v) is 3.82. The van der Waals surface area contributed by atoms with E-state index >= 15 is 0 Å². The Kier molecular flexibility index (Phi) is 6.09. The molecule has 116 valence electrons. The van der Waals surface area contributed by atoms with Gasteiger partial charge >= 0.3 is 0 Å². The van der Waals surface area contributed by atoms with Gasteiger partial charge in [0, 0.05) is 28.8 Å². The minimum atomic E-state index is -0.497. The van der Waals surface area contributed by atoms with E-state index < -0.39 is 4.92 Å². The molecule has 0 spiro atoms. The largest absolute Gasteiger partial charge is 0.351 e. The quantitative estimate of drug-likeness (QED) is 0.449. The van der Waals surface area contributed by atoms with E-state index in [9.17, 15) is 14.9 Å². The topological polar surface area (TPSA) is 75.5 Å². The molecule has 0 aliphatic carbocycles. The van der Waals surface area contributed by atoms with Crippen LogP contribution in [0.4, 0.5) is 5.69 Å². The zero-order chi connectivity index (χ0) is 16.2. The fraction of sp³-hybridized carbons (Fsp3) is 0.500. The number of benzene rings is 1. The molecule has 0 radical (unpaired) electrons. The molecule has 1 aromatic carbocycles. The van der Waals surface area contributed by atoms with E-state index in [1.165, 1.54) is 12.1 Å². The molecule has 0 bridgehead atoms. The van der Waals surface area contributed by atoms with Gasteiger partial charge in [-0.2, -0.15) is 0 Å². The zero-order valence-electron chi connectivity index (χ0n) is 12.6. The Morgan fingerprint density at radius 1 is 1.43 bits per heavy atom. The van der Waals surface area contributed by atoms with Gasteiger partial charge in [-0.15, -0.1) is 0 Å². The molecule has 1 aromatic rings. The second-order valence-electron chi connectivity index (χ2n) is 6.01. The van der Waals surface area contributed by atoms with Crippen LogP contribution in [-0.2, 0) is 0 Å². The van der Waals surface area contributed by atoms with Gasteiger partial charge in [0.2, 0.25) is 0 Å². The van der Waals surface area contributed by atoms with E-state index in [2.05, 4.69) is 24.1 Å². The first-order valence-electron chi connectivity index (χ1n) is 6.49. The molecular weight excluding hydrogens is 385 g/mol. The van der Waals surface area contributed by atoms with Crippen molar-refractivity contribution in [2.45, 2.75) is 13.8 Å². The molecule has 0 aliphatic heterocycles. The van der Waals surface area contributed by atoms with Gasteiger partial charge in [0.15, 0.2) is 0 Å². The fourth-order valence-electron chi connectivity index (χ4n) is 2.13. The summed E-state index contributed by atoms with van der Waals surface area (Å²) in [5.74, 6) is -0.282. The van der Waals surface area contributed by atoms with E-state index in [0.29, 0.717) is 15.7 Å². The van der Waals surface area contributed by atoms with E-state index in [0.717, 1.165) is 6.54 Å². The molecular formula is C14H20IN3O3. The number of rotatable bonds is 6. The summed E-state index contributed by atoms with van der Waals surface area (Å²) in [5, 5.41) is 13.6. The number of halogens is 1. The number of hydrogen-bond acceptors (Lipinski definition) is 4. The normalized spacial score (nSPS) is 11.5. The Hall–Kier alpha value is -1.22. The van der Waals surface area contributed by atoms with Crippen LogP contribution in [0.1, 0.15) is 24.2 Å². The lowest BCUT2D eigenvalue weighted by molar-refractivity contribution is -0.384. The highest BCUT2D eigenvalue weighted by molar-refractivity contribution is 14.1. The molecule has 0 aromatic heterocycles. The van der Waals surface area contributed by atoms with E-state index in [-0.39, 0.29) is 17.0 Å². The molecule has 7 heteroatoms. The molecule has 0 heterocycles. The van der Waals surface area contributed by atoms with Crippen molar-refractivity contribution in [2.24, 2.45) is 5.41 Å². The average molecular weight is 405 g/mol. The summed E-state index contributed by atoms with van der Waals surface area (Å²) < 4.78 is 0.695. The standard InChI is InChI=1S/C14H20IN3O3/c1-14(2,9-17(3)4)8-16-13(19)11-7-10(18(20)21)5-6-12(11)15/h5-7H,8-9H2,1-4H3,(H,16,19). The Morgan fingerprint density at radius 3 is 2.57 bits per heavy atom. The number of non-ortho nitro benzene ring substituents is 1. The van der Waals surface area contributed by atoms with Gasteiger partial charge in [0.05, 0.1) is 10.5 Å². The van der Waals surface area contributed by atoms with Crippen LogP contribution in [0, 0.1) is 19.1 Å². The van der Waals surface area contributed by atoms with Crippen molar-refractivity contribution >= 4 is 34.2 Å². The fourth-order valence-corrected chi connectivity index (χ4v) is 2.71. The molecule has 1 N–H and O–H groups in total. The molecule has 0 fully saturated rings. The summed E-state index contributed by atoms with van der Waals surface area (Å²) in [7, 11) is 3.96. The van der Waals surface area contributed by atoms with E-state index in [1.807, 2.05) is 36.7 Å². The highest BCUT2D eigenvalue weighted by Crippen LogP contribution is 2.20. The first-order valence-corrected chi connectivity index (χ1v) is 7.57. The van der Waals surface area contributed by atoms with Crippen LogP contribution in [0.15, 0.2) is 18.2 Å². The molecule has 1 amide bonds. The van der Waals surface area contributed by atoms with Crippen molar-refractivity contribution in [3.8, 4) is 0 Å². The number of nitrogens with zero attached hydrogens (tertiary/aromatic N) is 2. The number of nitro benzene ring substituents is 1. The van der Waals surface area contributed by atoms with Crippen LogP contribution in [0.5, 0.6) is 0 Å². The number of nitrogens with one attached hydrogen (secondary N) is 1. The molecule has 0 unspecified atom stereocenters. The van der Waals surface area contributed by atoms with Gasteiger partial charge in [-0.3, -0.25) is 14.9 Å². The third-order valence-electron chi connectivity index (χ3n) is 2.88. The SMILES string of the molecule is CN(C)CC(C)(C)CNC(=O)c1cc([N+](=O)[O-])ccc1I. The predicted molar refractivity (Wildman–Crippen MR) is 90.5 cm³/mol. The first-order chi connectivity index (χ1) is 9.62. The van der Waals surface area contributed by atoms with Gasteiger partial charge in [-0.25, -0.2) is 0 Å². The highest BCUT2D eigenvalue weighted by Gasteiger charge is 2.21. The van der Waals surface area contributed by atoms with Gasteiger partial charge in [-0.1, -0.05) is 13.8 Å². The minimum absolute atomic E-state index is 0.0758. The Labute approximate surface area is 138 Å². The number of carbonyl (C=O) groups excluding carboxylic acids is 1. The van der Waals surface area contributed by atoms with Gasteiger partial charge in [0.25, 0.3) is 11.6 Å². The Morgan fingerprint density at radius 2 is 2.05 bits per heavy atom. The maximum atomic E-state index is 12.2. The van der Waals surface area contributed by atoms with Crippen LogP contribution in [0.2, 0.25) is 0 Å². The highest BCUT2D eigenvalue weighted by atomic mass is 127. The number of carbonyl (C=O) groups is 1. The second-order valence-corrected chi connectivity index (χ2v) is 7.17. The lowest BCUT2D eigenvalue weighted by Crippen LogP contribution is -2.40. The Balaban J connectivity index is 2.80. The lowest BCUT2D eigenvalue weighted by atomic mass is 9.93. The number of amides is 1. The van der Waals surface area contributed by atoms with Gasteiger partial charge in [0.1, 0.15) is 0 Å². The molecule has 0 saturated heterocycles. The summed E-state index contributed by atoms with van der Waals surface area (Å²) in [5.41, 5.74) is 0.185. The molecule has 6 nitrogen and oxygen atoms in total. The van der Waals surface area contributed by atoms with Crippen LogP contribution in [0.3, 0.4) is 0 Å². The summed E-state index contributed by atoms with van der Waals surface area (Å²) in [6.07, 6.45) is 0. The molecule has 21 heavy (non-hydrogen) atoms. The minimum Gasteiger partial charge on any atom is -0.351 e. The molecule has 0 saturated carbocycles. The van der Waals surface area contributed by atoms with Crippen molar-refractivity contribution < 1.29 is 9.72 Å². The Bertz CT molecular complexity index is 544. The number of nitro groups is 1. The maximum Gasteiger partial charge on any atom is 0.270 e. The number of hydrogen-bond donors (Lipinski definition) is 1. The smallest absolute Gasteiger partial charge is 0.270 e. The first kappa shape index (κ1) is 17.8. The van der Waals surface area contributed by atoms with Gasteiger partial charge < -0.3 is 10.2 Å². The van der Waals surface area contributed by atoms with Crippen LogP contribution in [0.25, 0.3) is 0 Å².